The van der Waals surface area contributed by atoms with Crippen molar-refractivity contribution in [2.24, 2.45) is 11.8 Å². The number of hydrogen-bond donors (Lipinski definition) is 2. The fourth-order valence-corrected chi connectivity index (χ4v) is 2.63. The summed E-state index contributed by atoms with van der Waals surface area (Å²) < 4.78 is 0. The van der Waals surface area contributed by atoms with Crippen LogP contribution >= 0.6 is 0 Å². The van der Waals surface area contributed by atoms with Crippen LogP contribution in [0.15, 0.2) is 24.3 Å². The third kappa shape index (κ3) is 3.39. The van der Waals surface area contributed by atoms with Crippen LogP contribution in [0.5, 0.6) is 0 Å². The fourth-order valence-electron chi connectivity index (χ4n) is 2.63. The van der Waals surface area contributed by atoms with E-state index in [-0.39, 0.29) is 23.9 Å². The van der Waals surface area contributed by atoms with Gasteiger partial charge in [0, 0.05) is 18.7 Å². The number of carboxylic acids is 2. The normalized spacial score (nSPS) is 21.9. The van der Waals surface area contributed by atoms with E-state index < -0.39 is 17.9 Å². The monoisotopic (exact) mass is 291 g/mol. The van der Waals surface area contributed by atoms with Crippen LogP contribution in [0.2, 0.25) is 0 Å². The van der Waals surface area contributed by atoms with Gasteiger partial charge in [0.2, 0.25) is 0 Å². The number of carbonyl (C=O) groups is 3. The van der Waals surface area contributed by atoms with Crippen molar-refractivity contribution in [3.63, 3.8) is 0 Å². The lowest BCUT2D eigenvalue weighted by molar-refractivity contribution is -0.143. The summed E-state index contributed by atoms with van der Waals surface area (Å²) in [6.45, 7) is 2.63. The molecule has 1 heterocycles. The van der Waals surface area contributed by atoms with E-state index in [0.717, 1.165) is 0 Å². The Bertz CT molecular complexity index is 566. The standard InChI is InChI=1S/C15H17NO5/c1-9-6-12(15(20)21)8-16(7-9)13(17)10-2-4-11(5-3-10)14(18)19/h2-5,9,12H,6-8H2,1H3,(H,18,19)(H,20,21). The van der Waals surface area contributed by atoms with Gasteiger partial charge in [-0.15, -0.1) is 0 Å². The lowest BCUT2D eigenvalue weighted by atomic mass is 9.90. The van der Waals surface area contributed by atoms with Crippen molar-refractivity contribution in [3.05, 3.63) is 35.4 Å². The Morgan fingerprint density at radius 1 is 1.05 bits per heavy atom. The Labute approximate surface area is 122 Å². The number of piperidine rings is 1. The number of rotatable bonds is 3. The molecule has 1 aromatic carbocycles. The fraction of sp³-hybridized carbons (Fsp3) is 0.400. The zero-order valence-electron chi connectivity index (χ0n) is 11.7. The smallest absolute Gasteiger partial charge is 0.335 e. The summed E-state index contributed by atoms with van der Waals surface area (Å²) in [6.07, 6.45) is 0.567. The van der Waals surface area contributed by atoms with Crippen molar-refractivity contribution in [2.45, 2.75) is 13.3 Å². The Morgan fingerprint density at radius 3 is 2.14 bits per heavy atom. The van der Waals surface area contributed by atoms with E-state index in [1.54, 1.807) is 0 Å². The SMILES string of the molecule is CC1CC(C(=O)O)CN(C(=O)c2ccc(C(=O)O)cc2)C1. The quantitative estimate of drug-likeness (QED) is 0.881. The number of aliphatic carboxylic acids is 1. The maximum absolute atomic E-state index is 12.4. The van der Waals surface area contributed by atoms with Gasteiger partial charge in [-0.2, -0.15) is 0 Å². The minimum Gasteiger partial charge on any atom is -0.481 e. The molecule has 6 heteroatoms. The summed E-state index contributed by atoms with van der Waals surface area (Å²) >= 11 is 0. The van der Waals surface area contributed by atoms with Crippen molar-refractivity contribution in [3.8, 4) is 0 Å². The number of benzene rings is 1. The summed E-state index contributed by atoms with van der Waals surface area (Å²) in [7, 11) is 0. The van der Waals surface area contributed by atoms with E-state index in [1.807, 2.05) is 6.92 Å². The van der Waals surface area contributed by atoms with Gasteiger partial charge < -0.3 is 15.1 Å². The van der Waals surface area contributed by atoms with Crippen LogP contribution in [-0.4, -0.2) is 46.0 Å². The summed E-state index contributed by atoms with van der Waals surface area (Å²) in [6, 6.07) is 5.66. The van der Waals surface area contributed by atoms with Crippen LogP contribution in [0.3, 0.4) is 0 Å². The zero-order valence-corrected chi connectivity index (χ0v) is 11.7. The molecule has 1 amide bonds. The second-order valence-electron chi connectivity index (χ2n) is 5.47. The molecule has 112 valence electrons. The maximum atomic E-state index is 12.4. The lowest BCUT2D eigenvalue weighted by Crippen LogP contribution is -2.45. The molecule has 2 N–H and O–H groups in total. The Morgan fingerprint density at radius 2 is 1.62 bits per heavy atom. The van der Waals surface area contributed by atoms with Crippen LogP contribution in [0.4, 0.5) is 0 Å². The number of carbonyl (C=O) groups excluding carboxylic acids is 1. The van der Waals surface area contributed by atoms with Crippen LogP contribution in [-0.2, 0) is 4.79 Å². The Balaban J connectivity index is 2.14. The van der Waals surface area contributed by atoms with Crippen LogP contribution in [0.1, 0.15) is 34.1 Å². The van der Waals surface area contributed by atoms with Gasteiger partial charge in [0.1, 0.15) is 0 Å². The first kappa shape index (κ1) is 15.0. The van der Waals surface area contributed by atoms with Gasteiger partial charge in [0.25, 0.3) is 5.91 Å². The molecular weight excluding hydrogens is 274 g/mol. The number of likely N-dealkylation sites (tertiary alicyclic amines) is 1. The van der Waals surface area contributed by atoms with Crippen molar-refractivity contribution >= 4 is 17.8 Å². The highest BCUT2D eigenvalue weighted by Crippen LogP contribution is 2.23. The molecule has 1 aromatic rings. The van der Waals surface area contributed by atoms with Crippen molar-refractivity contribution < 1.29 is 24.6 Å². The lowest BCUT2D eigenvalue weighted by Gasteiger charge is -2.34. The zero-order chi connectivity index (χ0) is 15.6. The molecule has 1 aliphatic rings. The molecule has 1 saturated heterocycles. The van der Waals surface area contributed by atoms with Crippen LogP contribution in [0.25, 0.3) is 0 Å². The van der Waals surface area contributed by atoms with Gasteiger partial charge in [0.15, 0.2) is 0 Å². The highest BCUT2D eigenvalue weighted by molar-refractivity contribution is 5.96. The average molecular weight is 291 g/mol. The number of nitrogens with zero attached hydrogens (tertiary/aromatic N) is 1. The predicted octanol–water partition coefficient (Wildman–Crippen LogP) is 1.57. The summed E-state index contributed by atoms with van der Waals surface area (Å²) in [4.78, 5) is 35.8. The third-order valence-electron chi connectivity index (χ3n) is 3.67. The summed E-state index contributed by atoms with van der Waals surface area (Å²) in [5.74, 6) is -2.62. The highest BCUT2D eigenvalue weighted by Gasteiger charge is 2.32. The molecule has 2 unspecified atom stereocenters. The van der Waals surface area contributed by atoms with Gasteiger partial charge >= 0.3 is 11.9 Å². The Hall–Kier alpha value is -2.37. The van der Waals surface area contributed by atoms with E-state index in [4.69, 9.17) is 10.2 Å². The molecule has 0 bridgehead atoms. The van der Waals surface area contributed by atoms with Crippen molar-refractivity contribution in [1.82, 2.24) is 4.90 Å². The molecule has 0 aromatic heterocycles. The predicted molar refractivity (Wildman–Crippen MR) is 74.2 cm³/mol. The molecule has 0 aliphatic carbocycles. The molecule has 0 spiro atoms. The minimum absolute atomic E-state index is 0.113. The molecule has 2 atom stereocenters. The van der Waals surface area contributed by atoms with Gasteiger partial charge in [-0.1, -0.05) is 6.92 Å². The summed E-state index contributed by atoms with van der Waals surface area (Å²) in [5.41, 5.74) is 0.486. The molecule has 0 radical (unpaired) electrons. The maximum Gasteiger partial charge on any atom is 0.335 e. The second kappa shape index (κ2) is 5.95. The van der Waals surface area contributed by atoms with Gasteiger partial charge in [-0.05, 0) is 36.6 Å². The number of carboxylic acid groups (broad SMARTS) is 2. The summed E-state index contributed by atoms with van der Waals surface area (Å²) in [5, 5.41) is 18.0. The molecule has 0 saturated carbocycles. The van der Waals surface area contributed by atoms with Gasteiger partial charge in [-0.25, -0.2) is 4.79 Å². The minimum atomic E-state index is -1.05. The van der Waals surface area contributed by atoms with Gasteiger partial charge in [0.05, 0.1) is 11.5 Å². The van der Waals surface area contributed by atoms with Gasteiger partial charge in [-0.3, -0.25) is 9.59 Å². The number of amides is 1. The topological polar surface area (TPSA) is 94.9 Å². The van der Waals surface area contributed by atoms with Crippen molar-refractivity contribution in [1.29, 1.82) is 0 Å². The third-order valence-corrected chi connectivity index (χ3v) is 3.67. The first-order chi connectivity index (χ1) is 9.88. The molecule has 1 aliphatic heterocycles. The molecule has 1 fully saturated rings. The largest absolute Gasteiger partial charge is 0.481 e. The van der Waals surface area contributed by atoms with Crippen LogP contribution < -0.4 is 0 Å². The first-order valence-corrected chi connectivity index (χ1v) is 6.74. The van der Waals surface area contributed by atoms with E-state index >= 15 is 0 Å². The van der Waals surface area contributed by atoms with E-state index in [0.29, 0.717) is 18.5 Å². The molecule has 21 heavy (non-hydrogen) atoms. The Kier molecular flexibility index (Phi) is 4.26. The first-order valence-electron chi connectivity index (χ1n) is 6.74. The number of aromatic carboxylic acids is 1. The molecule has 6 nitrogen and oxygen atoms in total. The highest BCUT2D eigenvalue weighted by atomic mass is 16.4. The second-order valence-corrected chi connectivity index (χ2v) is 5.47. The van der Waals surface area contributed by atoms with E-state index in [9.17, 15) is 14.4 Å². The van der Waals surface area contributed by atoms with E-state index in [2.05, 4.69) is 0 Å². The number of hydrogen-bond acceptors (Lipinski definition) is 3. The molecular formula is C15H17NO5. The van der Waals surface area contributed by atoms with Crippen molar-refractivity contribution in [2.75, 3.05) is 13.1 Å². The molecule has 2 rings (SSSR count). The van der Waals surface area contributed by atoms with E-state index in [1.165, 1.54) is 29.2 Å². The van der Waals surface area contributed by atoms with Crippen LogP contribution in [0, 0.1) is 11.8 Å². The average Bonchev–Trinajstić information content (AvgIpc) is 2.45.